The number of nitrogens with zero attached hydrogens (tertiary/aromatic N) is 1. The first-order chi connectivity index (χ1) is 9.71. The van der Waals surface area contributed by atoms with Crippen LogP contribution in [0.2, 0.25) is 17.3 Å². The van der Waals surface area contributed by atoms with Crippen molar-refractivity contribution in [1.82, 2.24) is 4.98 Å². The van der Waals surface area contributed by atoms with Gasteiger partial charge in [0.2, 0.25) is 0 Å². The van der Waals surface area contributed by atoms with Crippen molar-refractivity contribution in [2.75, 3.05) is 0 Å². The quantitative estimate of drug-likeness (QED) is 0.723. The number of aromatic nitrogens is 1. The first kappa shape index (κ1) is 16.2. The summed E-state index contributed by atoms with van der Waals surface area (Å²) in [5, 5.41) is 0. The van der Waals surface area contributed by atoms with Gasteiger partial charge in [-0.05, 0) is 0 Å². The summed E-state index contributed by atoms with van der Waals surface area (Å²) in [6.07, 6.45) is 1.99. The molecule has 21 heavy (non-hydrogen) atoms. The Kier molecular flexibility index (Phi) is 4.57. The number of halogens is 1. The molecule has 0 fully saturated rings. The van der Waals surface area contributed by atoms with Gasteiger partial charge >= 0.3 is 130 Å². The summed E-state index contributed by atoms with van der Waals surface area (Å²) in [4.78, 5) is 4.57. The zero-order chi connectivity index (χ0) is 15.8. The SMILES string of the molecule is Cc1cccc(-c2cc(C(C)C)[c]([Ge]([CH3])([CH3])[CH3])cn2)c1F. The molecule has 1 heterocycles. The molecule has 0 spiro atoms. The van der Waals surface area contributed by atoms with E-state index in [4.69, 9.17) is 0 Å². The molecule has 0 atom stereocenters. The second kappa shape index (κ2) is 5.92. The van der Waals surface area contributed by atoms with Crippen molar-refractivity contribution < 1.29 is 4.39 Å². The van der Waals surface area contributed by atoms with Crippen LogP contribution in [-0.2, 0) is 0 Å². The van der Waals surface area contributed by atoms with Crippen molar-refractivity contribution in [1.29, 1.82) is 0 Å². The minimum atomic E-state index is -1.96. The van der Waals surface area contributed by atoms with Crippen LogP contribution in [0.3, 0.4) is 0 Å². The van der Waals surface area contributed by atoms with E-state index in [9.17, 15) is 4.39 Å². The molecule has 0 aliphatic rings. The van der Waals surface area contributed by atoms with Crippen LogP contribution in [0.25, 0.3) is 11.3 Å². The van der Waals surface area contributed by atoms with Gasteiger partial charge in [-0.1, -0.05) is 0 Å². The Labute approximate surface area is 130 Å². The second-order valence-electron chi connectivity index (χ2n) is 7.00. The Balaban J connectivity index is 2.63. The first-order valence-corrected chi connectivity index (χ1v) is 14.8. The van der Waals surface area contributed by atoms with Crippen LogP contribution in [0.15, 0.2) is 30.5 Å². The summed E-state index contributed by atoms with van der Waals surface area (Å²) in [6.45, 7) is 6.19. The van der Waals surface area contributed by atoms with Gasteiger partial charge in [-0.3, -0.25) is 0 Å². The van der Waals surface area contributed by atoms with Crippen LogP contribution < -0.4 is 4.40 Å². The zero-order valence-electron chi connectivity index (χ0n) is 13.8. The van der Waals surface area contributed by atoms with E-state index in [1.807, 2.05) is 18.3 Å². The van der Waals surface area contributed by atoms with Gasteiger partial charge in [0.25, 0.3) is 0 Å². The van der Waals surface area contributed by atoms with Crippen molar-refractivity contribution in [3.05, 3.63) is 47.4 Å². The third kappa shape index (κ3) is 3.37. The summed E-state index contributed by atoms with van der Waals surface area (Å²) in [7, 11) is 0. The topological polar surface area (TPSA) is 12.9 Å². The van der Waals surface area contributed by atoms with Gasteiger partial charge in [0, 0.05) is 0 Å². The van der Waals surface area contributed by atoms with Crippen LogP contribution in [0.5, 0.6) is 0 Å². The van der Waals surface area contributed by atoms with E-state index in [0.717, 1.165) is 5.69 Å². The fourth-order valence-corrected chi connectivity index (χ4v) is 6.09. The van der Waals surface area contributed by atoms with Crippen molar-refractivity contribution in [2.45, 2.75) is 44.0 Å². The number of pyridine rings is 1. The third-order valence-corrected chi connectivity index (χ3v) is 8.10. The van der Waals surface area contributed by atoms with E-state index in [2.05, 4.69) is 42.2 Å². The standard InChI is InChI=1S/C18H24FGeN/c1-12(2)15-10-17(21-11-16(15)20(4,5)6)14-9-7-8-13(3)18(14)19/h7-12H,1-6H3. The van der Waals surface area contributed by atoms with Gasteiger partial charge in [-0.2, -0.15) is 0 Å². The Morgan fingerprint density at radius 3 is 2.38 bits per heavy atom. The first-order valence-electron chi connectivity index (χ1n) is 7.47. The number of aryl methyl sites for hydroxylation is 1. The number of hydrogen-bond acceptors (Lipinski definition) is 1. The molecule has 0 amide bonds. The van der Waals surface area contributed by atoms with Crippen molar-refractivity contribution in [3.63, 3.8) is 0 Å². The fraction of sp³-hybridized carbons (Fsp3) is 0.389. The van der Waals surface area contributed by atoms with Gasteiger partial charge in [-0.15, -0.1) is 0 Å². The molecular weight excluding hydrogens is 322 g/mol. The fourth-order valence-electron chi connectivity index (χ4n) is 2.57. The molecule has 1 aromatic heterocycles. The number of hydrogen-bond donors (Lipinski definition) is 0. The summed E-state index contributed by atoms with van der Waals surface area (Å²) in [5.41, 5.74) is 3.34. The van der Waals surface area contributed by atoms with Gasteiger partial charge in [0.1, 0.15) is 0 Å². The molecule has 0 N–H and O–H groups in total. The Hall–Kier alpha value is -1.16. The molecule has 2 aromatic rings. The van der Waals surface area contributed by atoms with Crippen LogP contribution >= 0.6 is 0 Å². The summed E-state index contributed by atoms with van der Waals surface area (Å²) in [6, 6.07) is 7.59. The molecule has 0 unspecified atom stereocenters. The van der Waals surface area contributed by atoms with Crippen molar-refractivity contribution in [2.24, 2.45) is 0 Å². The van der Waals surface area contributed by atoms with Crippen LogP contribution in [0.1, 0.15) is 30.9 Å². The second-order valence-corrected chi connectivity index (χ2v) is 17.6. The third-order valence-electron chi connectivity index (χ3n) is 3.83. The van der Waals surface area contributed by atoms with E-state index in [0.29, 0.717) is 17.0 Å². The summed E-state index contributed by atoms with van der Waals surface area (Å²) < 4.78 is 15.7. The molecule has 0 aliphatic heterocycles. The monoisotopic (exact) mass is 347 g/mol. The summed E-state index contributed by atoms with van der Waals surface area (Å²) in [5.74, 6) is 7.38. The average Bonchev–Trinajstić information content (AvgIpc) is 2.40. The molecule has 0 bridgehead atoms. The molecule has 3 heteroatoms. The Bertz CT molecular complexity index is 657. The summed E-state index contributed by atoms with van der Waals surface area (Å²) >= 11 is -1.96. The molecule has 0 saturated carbocycles. The number of rotatable bonds is 3. The Morgan fingerprint density at radius 1 is 1.14 bits per heavy atom. The molecule has 112 valence electrons. The number of benzene rings is 1. The van der Waals surface area contributed by atoms with E-state index >= 15 is 0 Å². The molecule has 1 nitrogen and oxygen atoms in total. The van der Waals surface area contributed by atoms with Crippen LogP contribution in [0.4, 0.5) is 4.39 Å². The minimum absolute atomic E-state index is 0.162. The molecule has 0 aliphatic carbocycles. The van der Waals surface area contributed by atoms with Gasteiger partial charge < -0.3 is 0 Å². The van der Waals surface area contributed by atoms with E-state index in [-0.39, 0.29) is 5.82 Å². The Morgan fingerprint density at radius 2 is 1.81 bits per heavy atom. The van der Waals surface area contributed by atoms with E-state index in [1.54, 1.807) is 13.0 Å². The normalized spacial score (nSPS) is 12.0. The molecule has 2 rings (SSSR count). The maximum atomic E-state index is 14.3. The molecular formula is C18H24FGeN. The van der Waals surface area contributed by atoms with E-state index in [1.165, 1.54) is 9.96 Å². The van der Waals surface area contributed by atoms with E-state index < -0.39 is 13.3 Å². The van der Waals surface area contributed by atoms with Crippen LogP contribution in [0, 0.1) is 12.7 Å². The van der Waals surface area contributed by atoms with Gasteiger partial charge in [0.15, 0.2) is 0 Å². The van der Waals surface area contributed by atoms with Crippen molar-refractivity contribution in [3.8, 4) is 11.3 Å². The van der Waals surface area contributed by atoms with Crippen molar-refractivity contribution >= 4 is 17.7 Å². The molecule has 0 radical (unpaired) electrons. The van der Waals surface area contributed by atoms with Gasteiger partial charge in [-0.25, -0.2) is 0 Å². The van der Waals surface area contributed by atoms with Crippen LogP contribution in [-0.4, -0.2) is 18.3 Å². The maximum absolute atomic E-state index is 14.3. The molecule has 0 saturated heterocycles. The predicted molar refractivity (Wildman–Crippen MR) is 91.4 cm³/mol. The molecule has 1 aromatic carbocycles. The van der Waals surface area contributed by atoms with Gasteiger partial charge in [0.05, 0.1) is 0 Å². The average molecular weight is 346 g/mol. The predicted octanol–water partition coefficient (Wildman–Crippen LogP) is 4.86. The zero-order valence-corrected chi connectivity index (χ0v) is 15.9.